The number of thioether (sulfide) groups is 1. The van der Waals surface area contributed by atoms with Gasteiger partial charge in [0.1, 0.15) is 0 Å². The molecule has 2 aromatic carbocycles. The van der Waals surface area contributed by atoms with Crippen molar-refractivity contribution in [2.24, 2.45) is 0 Å². The van der Waals surface area contributed by atoms with E-state index in [2.05, 4.69) is 22.4 Å². The molecule has 2 aromatic heterocycles. The molecule has 9 heteroatoms. The first-order valence-corrected chi connectivity index (χ1v) is 11.9. The number of nitrogens with one attached hydrogen (secondary N) is 1. The molecule has 32 heavy (non-hydrogen) atoms. The average Bonchev–Trinajstić information content (AvgIpc) is 3.21. The third-order valence-electron chi connectivity index (χ3n) is 5.27. The van der Waals surface area contributed by atoms with Crippen LogP contribution in [0, 0.1) is 0 Å². The smallest absolute Gasteiger partial charge is 0.262 e. The number of hydrogen-bond acceptors (Lipinski definition) is 5. The van der Waals surface area contributed by atoms with Crippen molar-refractivity contribution in [2.45, 2.75) is 44.4 Å². The number of rotatable bonds is 8. The second-order valence-electron chi connectivity index (χ2n) is 7.58. The summed E-state index contributed by atoms with van der Waals surface area (Å²) in [7, 11) is 0. The molecular formula is C23H24ClN5O2S. The number of para-hydroxylation sites is 1. The predicted octanol–water partition coefficient (Wildman–Crippen LogP) is 4.47. The molecule has 0 bridgehead atoms. The number of nitrogens with zero attached hydrogens (tertiary/aromatic N) is 4. The molecule has 0 aliphatic heterocycles. The zero-order valence-electron chi connectivity index (χ0n) is 17.9. The van der Waals surface area contributed by atoms with E-state index >= 15 is 0 Å². The fourth-order valence-electron chi connectivity index (χ4n) is 3.62. The number of benzene rings is 2. The molecule has 0 fully saturated rings. The van der Waals surface area contributed by atoms with Gasteiger partial charge in [-0.3, -0.25) is 18.6 Å². The number of carbonyl (C=O) groups excluding carboxylic acids is 1. The van der Waals surface area contributed by atoms with E-state index in [-0.39, 0.29) is 23.3 Å². The van der Waals surface area contributed by atoms with Crippen LogP contribution in [0.3, 0.4) is 0 Å². The number of carbonyl (C=O) groups is 1. The molecule has 0 radical (unpaired) electrons. The number of fused-ring (bicyclic) bond motifs is 3. The molecule has 4 aromatic rings. The number of halogens is 1. The lowest BCUT2D eigenvalue weighted by Gasteiger charge is -2.14. The average molecular weight is 470 g/mol. The second kappa shape index (κ2) is 9.75. The van der Waals surface area contributed by atoms with E-state index in [9.17, 15) is 9.59 Å². The van der Waals surface area contributed by atoms with Crippen molar-refractivity contribution in [1.82, 2.24) is 24.5 Å². The SMILES string of the molecule is CCCCn1c(=O)c2ccccc2n2c(SCC(=O)N[C@H](C)c3cccc(Cl)c3)nnc12. The van der Waals surface area contributed by atoms with Crippen molar-refractivity contribution in [3.8, 4) is 0 Å². The monoisotopic (exact) mass is 469 g/mol. The first-order chi connectivity index (χ1) is 15.5. The van der Waals surface area contributed by atoms with Crippen LogP contribution in [0.4, 0.5) is 0 Å². The van der Waals surface area contributed by atoms with E-state index in [1.165, 1.54) is 11.8 Å². The fourth-order valence-corrected chi connectivity index (χ4v) is 4.57. The molecule has 0 aliphatic carbocycles. The number of amides is 1. The zero-order chi connectivity index (χ0) is 22.7. The van der Waals surface area contributed by atoms with Gasteiger partial charge in [-0.1, -0.05) is 61.0 Å². The topological polar surface area (TPSA) is 81.3 Å². The summed E-state index contributed by atoms with van der Waals surface area (Å²) in [4.78, 5) is 25.6. The van der Waals surface area contributed by atoms with Crippen LogP contribution >= 0.6 is 23.4 Å². The maximum Gasteiger partial charge on any atom is 0.262 e. The third kappa shape index (κ3) is 4.52. The predicted molar refractivity (Wildman–Crippen MR) is 128 cm³/mol. The minimum absolute atomic E-state index is 0.0708. The van der Waals surface area contributed by atoms with E-state index in [0.29, 0.717) is 27.9 Å². The van der Waals surface area contributed by atoms with Crippen molar-refractivity contribution in [3.05, 3.63) is 69.5 Å². The lowest BCUT2D eigenvalue weighted by molar-refractivity contribution is -0.119. The molecule has 0 unspecified atom stereocenters. The van der Waals surface area contributed by atoms with Gasteiger partial charge in [-0.15, -0.1) is 10.2 Å². The van der Waals surface area contributed by atoms with E-state index in [0.717, 1.165) is 23.9 Å². The number of unbranched alkanes of at least 4 members (excludes halogenated alkanes) is 1. The van der Waals surface area contributed by atoms with Gasteiger partial charge < -0.3 is 5.32 Å². The van der Waals surface area contributed by atoms with Crippen LogP contribution in [0.1, 0.15) is 38.3 Å². The van der Waals surface area contributed by atoms with Crippen molar-refractivity contribution < 1.29 is 4.79 Å². The van der Waals surface area contributed by atoms with E-state index < -0.39 is 0 Å². The van der Waals surface area contributed by atoms with Gasteiger partial charge in [0.15, 0.2) is 5.16 Å². The van der Waals surface area contributed by atoms with Gasteiger partial charge in [-0.05, 0) is 43.2 Å². The molecule has 2 heterocycles. The summed E-state index contributed by atoms with van der Waals surface area (Å²) in [5.74, 6) is 0.550. The Hall–Kier alpha value is -2.84. The molecule has 0 saturated carbocycles. The molecule has 0 aliphatic rings. The lowest BCUT2D eigenvalue weighted by atomic mass is 10.1. The second-order valence-corrected chi connectivity index (χ2v) is 8.96. The summed E-state index contributed by atoms with van der Waals surface area (Å²) in [6.45, 7) is 4.57. The largest absolute Gasteiger partial charge is 0.349 e. The van der Waals surface area contributed by atoms with Gasteiger partial charge in [0.05, 0.1) is 22.7 Å². The van der Waals surface area contributed by atoms with E-state index in [4.69, 9.17) is 11.6 Å². The third-order valence-corrected chi connectivity index (χ3v) is 6.44. The Morgan fingerprint density at radius 2 is 2.00 bits per heavy atom. The lowest BCUT2D eigenvalue weighted by Crippen LogP contribution is -2.28. The molecule has 0 saturated heterocycles. The standard InChI is InChI=1S/C23H24ClN5O2S/c1-3-4-12-28-21(31)18-10-5-6-11-19(18)29-22(28)26-27-23(29)32-14-20(30)25-15(2)16-8-7-9-17(24)13-16/h5-11,13,15H,3-4,12,14H2,1-2H3,(H,25,30)/t15-/m1/s1. The Morgan fingerprint density at radius 1 is 1.19 bits per heavy atom. The molecule has 1 N–H and O–H groups in total. The highest BCUT2D eigenvalue weighted by atomic mass is 35.5. The van der Waals surface area contributed by atoms with Crippen molar-refractivity contribution in [1.29, 1.82) is 0 Å². The minimum atomic E-state index is -0.169. The number of aromatic nitrogens is 4. The van der Waals surface area contributed by atoms with Gasteiger partial charge in [0, 0.05) is 11.6 Å². The van der Waals surface area contributed by atoms with Crippen LogP contribution in [0.25, 0.3) is 16.7 Å². The van der Waals surface area contributed by atoms with Crippen LogP contribution in [-0.2, 0) is 11.3 Å². The van der Waals surface area contributed by atoms with Crippen LogP contribution < -0.4 is 10.9 Å². The van der Waals surface area contributed by atoms with E-state index in [1.54, 1.807) is 10.6 Å². The zero-order valence-corrected chi connectivity index (χ0v) is 19.5. The van der Waals surface area contributed by atoms with Gasteiger partial charge in [-0.25, -0.2) is 0 Å². The molecule has 7 nitrogen and oxygen atoms in total. The molecular weight excluding hydrogens is 446 g/mol. The highest BCUT2D eigenvalue weighted by Gasteiger charge is 2.18. The summed E-state index contributed by atoms with van der Waals surface area (Å²) in [5.41, 5.74) is 1.61. The Balaban J connectivity index is 1.59. The normalized spacial score (nSPS) is 12.3. The van der Waals surface area contributed by atoms with Gasteiger partial charge in [0.25, 0.3) is 5.56 Å². The first kappa shape index (κ1) is 22.4. The van der Waals surface area contributed by atoms with Gasteiger partial charge in [0.2, 0.25) is 11.7 Å². The highest BCUT2D eigenvalue weighted by molar-refractivity contribution is 7.99. The summed E-state index contributed by atoms with van der Waals surface area (Å²) < 4.78 is 3.54. The molecule has 166 valence electrons. The van der Waals surface area contributed by atoms with Crippen LogP contribution in [0.15, 0.2) is 58.5 Å². The summed E-state index contributed by atoms with van der Waals surface area (Å²) >= 11 is 7.35. The summed E-state index contributed by atoms with van der Waals surface area (Å²) in [5, 5.41) is 13.4. The van der Waals surface area contributed by atoms with E-state index in [1.807, 2.05) is 53.8 Å². The molecule has 4 rings (SSSR count). The van der Waals surface area contributed by atoms with Gasteiger partial charge >= 0.3 is 0 Å². The highest BCUT2D eigenvalue weighted by Crippen LogP contribution is 2.22. The Morgan fingerprint density at radius 3 is 2.78 bits per heavy atom. The van der Waals surface area contributed by atoms with Crippen LogP contribution in [-0.4, -0.2) is 30.8 Å². The van der Waals surface area contributed by atoms with Crippen molar-refractivity contribution in [2.75, 3.05) is 5.75 Å². The molecule has 1 atom stereocenters. The Bertz CT molecular complexity index is 1330. The van der Waals surface area contributed by atoms with Crippen LogP contribution in [0.2, 0.25) is 5.02 Å². The van der Waals surface area contributed by atoms with Crippen molar-refractivity contribution in [3.63, 3.8) is 0 Å². The Labute approximate surface area is 194 Å². The van der Waals surface area contributed by atoms with Crippen LogP contribution in [0.5, 0.6) is 0 Å². The fraction of sp³-hybridized carbons (Fsp3) is 0.304. The number of hydrogen-bond donors (Lipinski definition) is 1. The summed E-state index contributed by atoms with van der Waals surface area (Å²) in [6.07, 6.45) is 1.83. The minimum Gasteiger partial charge on any atom is -0.349 e. The maximum absolute atomic E-state index is 13.0. The van der Waals surface area contributed by atoms with Gasteiger partial charge in [-0.2, -0.15) is 0 Å². The number of aryl methyl sites for hydroxylation is 1. The molecule has 0 spiro atoms. The van der Waals surface area contributed by atoms with Crippen molar-refractivity contribution >= 4 is 46.0 Å². The Kier molecular flexibility index (Phi) is 6.81. The summed E-state index contributed by atoms with van der Waals surface area (Å²) in [6, 6.07) is 14.7. The maximum atomic E-state index is 13.0. The first-order valence-electron chi connectivity index (χ1n) is 10.5. The quantitative estimate of drug-likeness (QED) is 0.385. The molecule has 1 amide bonds.